The van der Waals surface area contributed by atoms with Gasteiger partial charge in [-0.05, 0) is 30.4 Å². The van der Waals surface area contributed by atoms with Gasteiger partial charge in [-0.25, -0.2) is 9.59 Å². The van der Waals surface area contributed by atoms with Gasteiger partial charge in [0.2, 0.25) is 5.91 Å². The van der Waals surface area contributed by atoms with Crippen molar-refractivity contribution < 1.29 is 37.4 Å². The van der Waals surface area contributed by atoms with Gasteiger partial charge in [0.05, 0.1) is 18.2 Å². The van der Waals surface area contributed by atoms with Crippen molar-refractivity contribution in [3.05, 3.63) is 35.4 Å². The summed E-state index contributed by atoms with van der Waals surface area (Å²) in [5.74, 6) is -2.60. The minimum absolute atomic E-state index is 0.112. The predicted octanol–water partition coefficient (Wildman–Crippen LogP) is 3.23. The van der Waals surface area contributed by atoms with Gasteiger partial charge in [-0.15, -0.1) is 0 Å². The Bertz CT molecular complexity index is 809. The molecule has 3 rings (SSSR count). The summed E-state index contributed by atoms with van der Waals surface area (Å²) in [6, 6.07) is 7.32. The number of aliphatic carboxylic acids is 1. The average Bonchev–Trinajstić information content (AvgIpc) is 3.20. The molecule has 1 aliphatic carbocycles. The molecule has 1 aliphatic heterocycles. The number of primary amides is 1. The first-order valence-corrected chi connectivity index (χ1v) is 10.7. The quantitative estimate of drug-likeness (QED) is 0.583. The number of hydrogen-bond acceptors (Lipinski definition) is 5. The molecular weight excluding hydrogens is 429 g/mol. The van der Waals surface area contributed by atoms with E-state index in [0.717, 1.165) is 18.4 Å². The topological polar surface area (TPSA) is 119 Å². The third-order valence-corrected chi connectivity index (χ3v) is 6.01. The fourth-order valence-corrected chi connectivity index (χ4v) is 4.70. The highest BCUT2D eigenvalue weighted by Crippen LogP contribution is 2.43. The highest BCUT2D eigenvalue weighted by molar-refractivity contribution is 5.91. The standard InChI is InChI=1S/C20H28N2O3.C2HF3O2/c1-2-25-20(24)15-11-7-6-10-14(15)16-12-22-18(19(21)23)17(16)13-8-4-3-5-9-13;3-2(4,5)1(6)7/h6-7,10-11,13,16-18,22H,2-5,8-9,12H2,1H3,(H2,21,23);(H,6,7)/t16?,17-,18+;/m1./s1. The molecule has 1 saturated heterocycles. The number of amides is 1. The van der Waals surface area contributed by atoms with Crippen LogP contribution in [0, 0.1) is 11.8 Å². The second-order valence-electron chi connectivity index (χ2n) is 7.98. The van der Waals surface area contributed by atoms with Crippen LogP contribution in [0.2, 0.25) is 0 Å². The smallest absolute Gasteiger partial charge is 0.475 e. The van der Waals surface area contributed by atoms with Gasteiger partial charge in [-0.2, -0.15) is 13.2 Å². The number of esters is 1. The lowest BCUT2D eigenvalue weighted by molar-refractivity contribution is -0.192. The SMILES string of the molecule is CCOC(=O)c1ccccc1C1CN[C@H](C(N)=O)[C@@H]1C1CCCCC1.O=C(O)C(F)(F)F. The Morgan fingerprint density at radius 3 is 2.28 bits per heavy atom. The fourth-order valence-electron chi connectivity index (χ4n) is 4.70. The Labute approximate surface area is 184 Å². The Balaban J connectivity index is 0.000000451. The molecule has 0 aromatic heterocycles. The Kier molecular flexibility index (Phi) is 9.06. The highest BCUT2D eigenvalue weighted by Gasteiger charge is 2.45. The molecule has 0 bridgehead atoms. The number of carbonyl (C=O) groups excluding carboxylic acids is 2. The van der Waals surface area contributed by atoms with E-state index in [4.69, 9.17) is 20.4 Å². The molecule has 32 heavy (non-hydrogen) atoms. The summed E-state index contributed by atoms with van der Waals surface area (Å²) < 4.78 is 37.0. The van der Waals surface area contributed by atoms with E-state index in [1.165, 1.54) is 19.3 Å². The molecule has 7 nitrogen and oxygen atoms in total. The number of nitrogens with one attached hydrogen (secondary N) is 1. The van der Waals surface area contributed by atoms with E-state index in [-0.39, 0.29) is 29.8 Å². The molecule has 178 valence electrons. The third kappa shape index (κ3) is 6.44. The number of benzene rings is 1. The van der Waals surface area contributed by atoms with Crippen molar-refractivity contribution in [1.29, 1.82) is 0 Å². The number of carboxylic acids is 1. The maximum absolute atomic E-state index is 12.4. The number of nitrogens with two attached hydrogens (primary N) is 1. The maximum atomic E-state index is 12.4. The van der Waals surface area contributed by atoms with Crippen molar-refractivity contribution in [3.8, 4) is 0 Å². The second-order valence-corrected chi connectivity index (χ2v) is 7.98. The Morgan fingerprint density at radius 2 is 1.75 bits per heavy atom. The Morgan fingerprint density at radius 1 is 1.16 bits per heavy atom. The van der Waals surface area contributed by atoms with E-state index in [0.29, 0.717) is 24.6 Å². The van der Waals surface area contributed by atoms with Gasteiger partial charge in [0.15, 0.2) is 0 Å². The molecule has 1 aromatic rings. The van der Waals surface area contributed by atoms with Crippen molar-refractivity contribution in [3.63, 3.8) is 0 Å². The summed E-state index contributed by atoms with van der Waals surface area (Å²) in [4.78, 5) is 33.3. The van der Waals surface area contributed by atoms with Crippen LogP contribution in [0.4, 0.5) is 13.2 Å². The molecular formula is C22H29F3N2O5. The van der Waals surface area contributed by atoms with Gasteiger partial charge in [-0.3, -0.25) is 4.79 Å². The van der Waals surface area contributed by atoms with E-state index >= 15 is 0 Å². The normalized spacial score (nSPS) is 23.7. The van der Waals surface area contributed by atoms with Gasteiger partial charge < -0.3 is 20.9 Å². The molecule has 2 aliphatic rings. The van der Waals surface area contributed by atoms with Crippen molar-refractivity contribution >= 4 is 17.8 Å². The molecule has 1 amide bonds. The van der Waals surface area contributed by atoms with Crippen LogP contribution in [-0.4, -0.2) is 48.3 Å². The van der Waals surface area contributed by atoms with Crippen molar-refractivity contribution in [2.24, 2.45) is 17.6 Å². The van der Waals surface area contributed by atoms with E-state index in [1.807, 2.05) is 31.2 Å². The number of carboxylic acid groups (broad SMARTS) is 1. The minimum atomic E-state index is -5.08. The van der Waals surface area contributed by atoms with Gasteiger partial charge >= 0.3 is 18.1 Å². The molecule has 0 spiro atoms. The summed E-state index contributed by atoms with van der Waals surface area (Å²) in [7, 11) is 0. The molecule has 4 N–H and O–H groups in total. The van der Waals surface area contributed by atoms with E-state index in [2.05, 4.69) is 5.32 Å². The molecule has 1 heterocycles. The first-order valence-electron chi connectivity index (χ1n) is 10.7. The molecule has 1 aromatic carbocycles. The second kappa shape index (κ2) is 11.3. The van der Waals surface area contributed by atoms with E-state index < -0.39 is 12.1 Å². The van der Waals surface area contributed by atoms with Crippen molar-refractivity contribution in [2.45, 2.75) is 57.2 Å². The van der Waals surface area contributed by atoms with Crippen molar-refractivity contribution in [2.75, 3.05) is 13.2 Å². The zero-order valence-electron chi connectivity index (χ0n) is 17.9. The van der Waals surface area contributed by atoms with Gasteiger partial charge in [0.25, 0.3) is 0 Å². The summed E-state index contributed by atoms with van der Waals surface area (Å²) in [5, 5.41) is 10.4. The molecule has 10 heteroatoms. The van der Waals surface area contributed by atoms with Gasteiger partial charge in [0, 0.05) is 12.5 Å². The third-order valence-electron chi connectivity index (χ3n) is 6.01. The minimum Gasteiger partial charge on any atom is -0.475 e. The summed E-state index contributed by atoms with van der Waals surface area (Å²) in [6.07, 6.45) is 0.863. The summed E-state index contributed by atoms with van der Waals surface area (Å²) in [5.41, 5.74) is 7.28. The largest absolute Gasteiger partial charge is 0.490 e. The first-order chi connectivity index (χ1) is 15.1. The fraction of sp³-hybridized carbons (Fsp3) is 0.591. The zero-order chi connectivity index (χ0) is 23.9. The lowest BCUT2D eigenvalue weighted by Crippen LogP contribution is -2.43. The van der Waals surface area contributed by atoms with Crippen LogP contribution >= 0.6 is 0 Å². The predicted molar refractivity (Wildman–Crippen MR) is 110 cm³/mol. The number of alkyl halides is 3. The average molecular weight is 458 g/mol. The molecule has 2 fully saturated rings. The summed E-state index contributed by atoms with van der Waals surface area (Å²) in [6.45, 7) is 2.84. The lowest BCUT2D eigenvalue weighted by atomic mass is 9.70. The van der Waals surface area contributed by atoms with Crippen LogP contribution in [-0.2, 0) is 14.3 Å². The Hall–Kier alpha value is -2.62. The molecule has 3 atom stereocenters. The monoisotopic (exact) mass is 458 g/mol. The van der Waals surface area contributed by atoms with Crippen molar-refractivity contribution in [1.82, 2.24) is 5.32 Å². The zero-order valence-corrected chi connectivity index (χ0v) is 17.9. The number of rotatable bonds is 5. The molecule has 1 saturated carbocycles. The number of halogens is 3. The van der Waals surface area contributed by atoms with Crippen LogP contribution in [0.3, 0.4) is 0 Å². The summed E-state index contributed by atoms with van der Waals surface area (Å²) >= 11 is 0. The van der Waals surface area contributed by atoms with Gasteiger partial charge in [0.1, 0.15) is 0 Å². The molecule has 1 unspecified atom stereocenters. The van der Waals surface area contributed by atoms with Crippen LogP contribution in [0.1, 0.15) is 60.9 Å². The van der Waals surface area contributed by atoms with E-state index in [9.17, 15) is 22.8 Å². The van der Waals surface area contributed by atoms with Crippen LogP contribution in [0.15, 0.2) is 24.3 Å². The number of hydrogen-bond donors (Lipinski definition) is 3. The highest BCUT2D eigenvalue weighted by atomic mass is 19.4. The number of ether oxygens (including phenoxy) is 1. The maximum Gasteiger partial charge on any atom is 0.490 e. The van der Waals surface area contributed by atoms with Crippen LogP contribution in [0.5, 0.6) is 0 Å². The van der Waals surface area contributed by atoms with Crippen LogP contribution < -0.4 is 11.1 Å². The molecule has 0 radical (unpaired) electrons. The van der Waals surface area contributed by atoms with Crippen LogP contribution in [0.25, 0.3) is 0 Å². The first kappa shape index (κ1) is 25.6. The lowest BCUT2D eigenvalue weighted by Gasteiger charge is -2.34. The van der Waals surface area contributed by atoms with E-state index in [1.54, 1.807) is 0 Å². The number of carbonyl (C=O) groups is 3. The van der Waals surface area contributed by atoms with Gasteiger partial charge in [-0.1, -0.05) is 50.3 Å².